The van der Waals surface area contributed by atoms with Crippen LogP contribution in [0.3, 0.4) is 0 Å². The third kappa shape index (κ3) is 2.64. The fourth-order valence-corrected chi connectivity index (χ4v) is 3.39. The van der Waals surface area contributed by atoms with Crippen molar-refractivity contribution in [3.05, 3.63) is 57.6 Å². The van der Waals surface area contributed by atoms with Gasteiger partial charge in [0, 0.05) is 14.6 Å². The van der Waals surface area contributed by atoms with E-state index in [1.54, 1.807) is 6.07 Å². The SMILES string of the molecule is Nc1c(C(=O)Nc2cc(Br)ccc2F)sc2ccccc12. The smallest absolute Gasteiger partial charge is 0.267 e. The Balaban J connectivity index is 1.97. The van der Waals surface area contributed by atoms with E-state index >= 15 is 0 Å². The van der Waals surface area contributed by atoms with Crippen LogP contribution in [0, 0.1) is 5.82 Å². The van der Waals surface area contributed by atoms with Gasteiger partial charge in [0.1, 0.15) is 10.7 Å². The molecule has 0 spiro atoms. The first-order chi connectivity index (χ1) is 10.1. The van der Waals surface area contributed by atoms with Gasteiger partial charge in [0.15, 0.2) is 0 Å². The summed E-state index contributed by atoms with van der Waals surface area (Å²) >= 11 is 4.54. The molecule has 3 rings (SSSR count). The van der Waals surface area contributed by atoms with E-state index in [2.05, 4.69) is 21.2 Å². The van der Waals surface area contributed by atoms with Crippen molar-refractivity contribution in [2.45, 2.75) is 0 Å². The van der Waals surface area contributed by atoms with Crippen LogP contribution < -0.4 is 11.1 Å². The predicted molar refractivity (Wildman–Crippen MR) is 88.3 cm³/mol. The summed E-state index contributed by atoms with van der Waals surface area (Å²) in [6.07, 6.45) is 0. The number of hydrogen-bond acceptors (Lipinski definition) is 3. The molecule has 0 atom stereocenters. The van der Waals surface area contributed by atoms with E-state index in [0.717, 1.165) is 10.1 Å². The van der Waals surface area contributed by atoms with E-state index in [1.807, 2.05) is 24.3 Å². The Morgan fingerprint density at radius 3 is 2.76 bits per heavy atom. The second-order valence-electron chi connectivity index (χ2n) is 4.42. The molecule has 2 aromatic carbocycles. The molecule has 3 nitrogen and oxygen atoms in total. The lowest BCUT2D eigenvalue weighted by Gasteiger charge is -2.06. The Hall–Kier alpha value is -1.92. The van der Waals surface area contributed by atoms with E-state index in [9.17, 15) is 9.18 Å². The van der Waals surface area contributed by atoms with Gasteiger partial charge >= 0.3 is 0 Å². The van der Waals surface area contributed by atoms with Crippen LogP contribution in [-0.4, -0.2) is 5.91 Å². The van der Waals surface area contributed by atoms with Crippen LogP contribution in [0.15, 0.2) is 46.9 Å². The monoisotopic (exact) mass is 364 g/mol. The number of nitrogens with two attached hydrogens (primary N) is 1. The number of rotatable bonds is 2. The zero-order valence-corrected chi connectivity index (χ0v) is 13.1. The number of nitrogen functional groups attached to an aromatic ring is 1. The fourth-order valence-electron chi connectivity index (χ4n) is 2.01. The molecule has 0 radical (unpaired) electrons. The Bertz CT molecular complexity index is 847. The molecule has 0 saturated carbocycles. The van der Waals surface area contributed by atoms with Crippen molar-refractivity contribution in [2.24, 2.45) is 0 Å². The van der Waals surface area contributed by atoms with Crippen LogP contribution in [0.2, 0.25) is 0 Å². The Kier molecular flexibility index (Phi) is 3.65. The van der Waals surface area contributed by atoms with Crippen molar-refractivity contribution in [2.75, 3.05) is 11.1 Å². The number of carbonyl (C=O) groups excluding carboxylic acids is 1. The molecule has 0 unspecified atom stereocenters. The average molecular weight is 365 g/mol. The minimum absolute atomic E-state index is 0.117. The fraction of sp³-hybridized carbons (Fsp3) is 0. The van der Waals surface area contributed by atoms with Crippen LogP contribution in [0.1, 0.15) is 9.67 Å². The highest BCUT2D eigenvalue weighted by Gasteiger charge is 2.17. The summed E-state index contributed by atoms with van der Waals surface area (Å²) in [6, 6.07) is 11.9. The third-order valence-electron chi connectivity index (χ3n) is 3.02. The van der Waals surface area contributed by atoms with Gasteiger partial charge in [0.25, 0.3) is 5.91 Å². The van der Waals surface area contributed by atoms with Crippen LogP contribution in [0.4, 0.5) is 15.8 Å². The molecule has 0 saturated heterocycles. The molecule has 1 heterocycles. The Labute approximate surface area is 132 Å². The molecule has 3 N–H and O–H groups in total. The lowest BCUT2D eigenvalue weighted by molar-refractivity contribution is 0.103. The molecular weight excluding hydrogens is 355 g/mol. The van der Waals surface area contributed by atoms with Gasteiger partial charge in [-0.1, -0.05) is 34.1 Å². The highest BCUT2D eigenvalue weighted by molar-refractivity contribution is 9.10. The summed E-state index contributed by atoms with van der Waals surface area (Å²) in [6.45, 7) is 0. The van der Waals surface area contributed by atoms with Crippen molar-refractivity contribution < 1.29 is 9.18 Å². The maximum Gasteiger partial charge on any atom is 0.267 e. The number of anilines is 2. The highest BCUT2D eigenvalue weighted by atomic mass is 79.9. The molecule has 0 aliphatic rings. The number of nitrogens with one attached hydrogen (secondary N) is 1. The van der Waals surface area contributed by atoms with Gasteiger partial charge in [-0.25, -0.2) is 4.39 Å². The first kappa shape index (κ1) is 14.0. The summed E-state index contributed by atoms with van der Waals surface area (Å²) in [5, 5.41) is 3.39. The lowest BCUT2D eigenvalue weighted by atomic mass is 10.2. The van der Waals surface area contributed by atoms with Gasteiger partial charge in [-0.3, -0.25) is 4.79 Å². The third-order valence-corrected chi connectivity index (χ3v) is 4.70. The number of thiophene rings is 1. The van der Waals surface area contributed by atoms with E-state index in [0.29, 0.717) is 15.0 Å². The van der Waals surface area contributed by atoms with E-state index < -0.39 is 11.7 Å². The minimum atomic E-state index is -0.494. The standard InChI is InChI=1S/C15H10BrFN2OS/c16-8-5-6-10(17)11(7-8)19-15(20)14-13(18)9-3-1-2-4-12(9)21-14/h1-7H,18H2,(H,19,20). The van der Waals surface area contributed by atoms with E-state index in [4.69, 9.17) is 5.73 Å². The average Bonchev–Trinajstić information content (AvgIpc) is 2.81. The molecule has 1 amide bonds. The van der Waals surface area contributed by atoms with Crippen molar-refractivity contribution in [1.82, 2.24) is 0 Å². The molecule has 0 aliphatic carbocycles. The van der Waals surface area contributed by atoms with Gasteiger partial charge in [0.05, 0.1) is 11.4 Å². The number of carbonyl (C=O) groups is 1. The van der Waals surface area contributed by atoms with Crippen molar-refractivity contribution in [3.63, 3.8) is 0 Å². The number of halogens is 2. The van der Waals surface area contributed by atoms with Crippen molar-refractivity contribution >= 4 is 54.6 Å². The van der Waals surface area contributed by atoms with Crippen LogP contribution >= 0.6 is 27.3 Å². The second-order valence-corrected chi connectivity index (χ2v) is 6.39. The normalized spacial score (nSPS) is 10.8. The van der Waals surface area contributed by atoms with Gasteiger partial charge in [-0.05, 0) is 24.3 Å². The second kappa shape index (κ2) is 5.46. The van der Waals surface area contributed by atoms with Crippen molar-refractivity contribution in [1.29, 1.82) is 0 Å². The summed E-state index contributed by atoms with van der Waals surface area (Å²) in [7, 11) is 0. The summed E-state index contributed by atoms with van der Waals surface area (Å²) < 4.78 is 15.3. The lowest BCUT2D eigenvalue weighted by Crippen LogP contribution is -2.13. The largest absolute Gasteiger partial charge is 0.397 e. The topological polar surface area (TPSA) is 55.1 Å². The zero-order chi connectivity index (χ0) is 15.0. The van der Waals surface area contributed by atoms with Gasteiger partial charge in [0.2, 0.25) is 0 Å². The maximum absolute atomic E-state index is 13.7. The highest BCUT2D eigenvalue weighted by Crippen LogP contribution is 2.34. The van der Waals surface area contributed by atoms with E-state index in [-0.39, 0.29) is 5.69 Å². The molecule has 3 aromatic rings. The van der Waals surface area contributed by atoms with E-state index in [1.165, 1.54) is 23.5 Å². The zero-order valence-electron chi connectivity index (χ0n) is 10.7. The quantitative estimate of drug-likeness (QED) is 0.695. The first-order valence-electron chi connectivity index (χ1n) is 6.09. The molecule has 1 aromatic heterocycles. The number of amides is 1. The molecule has 0 fully saturated rings. The van der Waals surface area contributed by atoms with Crippen LogP contribution in [0.25, 0.3) is 10.1 Å². The van der Waals surface area contributed by atoms with Gasteiger partial charge in [-0.15, -0.1) is 11.3 Å². The van der Waals surface area contributed by atoms with Gasteiger partial charge < -0.3 is 11.1 Å². The van der Waals surface area contributed by atoms with Crippen LogP contribution in [0.5, 0.6) is 0 Å². The Morgan fingerprint density at radius 2 is 2.00 bits per heavy atom. The Morgan fingerprint density at radius 1 is 1.24 bits per heavy atom. The molecule has 0 aliphatic heterocycles. The molecule has 21 heavy (non-hydrogen) atoms. The van der Waals surface area contributed by atoms with Crippen molar-refractivity contribution in [3.8, 4) is 0 Å². The van der Waals surface area contributed by atoms with Gasteiger partial charge in [-0.2, -0.15) is 0 Å². The predicted octanol–water partition coefficient (Wildman–Crippen LogP) is 4.64. The summed E-state index contributed by atoms with van der Waals surface area (Å²) in [4.78, 5) is 12.7. The molecule has 0 bridgehead atoms. The molecule has 6 heteroatoms. The molecular formula is C15H10BrFN2OS. The first-order valence-corrected chi connectivity index (χ1v) is 7.70. The number of fused-ring (bicyclic) bond motifs is 1. The number of hydrogen-bond donors (Lipinski definition) is 2. The summed E-state index contributed by atoms with van der Waals surface area (Å²) in [5.74, 6) is -0.906. The summed E-state index contributed by atoms with van der Waals surface area (Å²) in [5.41, 5.74) is 6.54. The maximum atomic E-state index is 13.7. The minimum Gasteiger partial charge on any atom is -0.397 e. The number of benzene rings is 2. The molecule has 106 valence electrons. The van der Waals surface area contributed by atoms with Crippen LogP contribution in [-0.2, 0) is 0 Å².